The van der Waals surface area contributed by atoms with Crippen molar-refractivity contribution in [2.75, 3.05) is 6.61 Å². The SMILES string of the molecule is O=C([O-])[C@@H](O)[C@H](O)[C@@H](O)CO.[Na+]. The summed E-state index contributed by atoms with van der Waals surface area (Å²) in [6.07, 6.45) is -5.79. The zero-order chi connectivity index (χ0) is 9.02. The molecule has 0 aromatic carbocycles. The summed E-state index contributed by atoms with van der Waals surface area (Å²) in [7, 11) is 0. The Balaban J connectivity index is 0. The third kappa shape index (κ3) is 4.36. The normalized spacial score (nSPS) is 17.3. The number of carbonyl (C=O) groups is 1. The fourth-order valence-electron chi connectivity index (χ4n) is 0.458. The molecule has 3 atom stereocenters. The summed E-state index contributed by atoms with van der Waals surface area (Å²) < 4.78 is 0. The minimum absolute atomic E-state index is 0. The molecule has 0 heterocycles. The van der Waals surface area contributed by atoms with Gasteiger partial charge in [-0.2, -0.15) is 0 Å². The number of aliphatic hydroxyl groups excluding tert-OH is 4. The van der Waals surface area contributed by atoms with E-state index in [2.05, 4.69) is 0 Å². The Bertz CT molecular complexity index is 140. The van der Waals surface area contributed by atoms with Crippen LogP contribution in [-0.4, -0.2) is 51.3 Å². The molecule has 0 aliphatic heterocycles. The third-order valence-electron chi connectivity index (χ3n) is 1.15. The summed E-state index contributed by atoms with van der Waals surface area (Å²) in [6.45, 7) is -0.828. The van der Waals surface area contributed by atoms with Crippen LogP contribution in [0.3, 0.4) is 0 Å². The molecule has 0 aromatic heterocycles. The molecule has 0 saturated heterocycles. The number of hydrogen-bond acceptors (Lipinski definition) is 6. The van der Waals surface area contributed by atoms with Gasteiger partial charge < -0.3 is 30.3 Å². The van der Waals surface area contributed by atoms with Crippen molar-refractivity contribution in [3.63, 3.8) is 0 Å². The van der Waals surface area contributed by atoms with Gasteiger partial charge in [0.25, 0.3) is 0 Å². The van der Waals surface area contributed by atoms with E-state index in [1.54, 1.807) is 0 Å². The number of aliphatic hydroxyl groups is 4. The van der Waals surface area contributed by atoms with Crippen LogP contribution >= 0.6 is 0 Å². The van der Waals surface area contributed by atoms with Gasteiger partial charge in [-0.3, -0.25) is 0 Å². The molecule has 0 aliphatic rings. The van der Waals surface area contributed by atoms with Gasteiger partial charge in [-0.25, -0.2) is 0 Å². The van der Waals surface area contributed by atoms with Gasteiger partial charge in [0.05, 0.1) is 12.6 Å². The van der Waals surface area contributed by atoms with Gasteiger partial charge in [0.1, 0.15) is 18.3 Å². The summed E-state index contributed by atoms with van der Waals surface area (Å²) in [4.78, 5) is 9.85. The summed E-state index contributed by atoms with van der Waals surface area (Å²) in [5.74, 6) is -1.90. The van der Waals surface area contributed by atoms with Crippen molar-refractivity contribution in [3.05, 3.63) is 0 Å². The van der Waals surface area contributed by atoms with Crippen molar-refractivity contribution in [3.8, 4) is 0 Å². The summed E-state index contributed by atoms with van der Waals surface area (Å²) in [6, 6.07) is 0. The average Bonchev–Trinajstić information content (AvgIpc) is 2.00. The first-order valence-corrected chi connectivity index (χ1v) is 2.86. The predicted molar refractivity (Wildman–Crippen MR) is 30.1 cm³/mol. The van der Waals surface area contributed by atoms with Gasteiger partial charge in [0.15, 0.2) is 0 Å². The molecule has 7 heteroatoms. The summed E-state index contributed by atoms with van der Waals surface area (Å²) in [5.41, 5.74) is 0. The van der Waals surface area contributed by atoms with Crippen molar-refractivity contribution in [2.24, 2.45) is 0 Å². The molecule has 0 bridgehead atoms. The molecule has 0 radical (unpaired) electrons. The smallest absolute Gasteiger partial charge is 0.547 e. The van der Waals surface area contributed by atoms with Gasteiger partial charge >= 0.3 is 29.6 Å². The summed E-state index contributed by atoms with van der Waals surface area (Å²) in [5, 5.41) is 43.8. The molecular weight excluding hydrogens is 179 g/mol. The maximum atomic E-state index is 9.85. The summed E-state index contributed by atoms with van der Waals surface area (Å²) >= 11 is 0. The molecule has 0 unspecified atom stereocenters. The van der Waals surface area contributed by atoms with Crippen molar-refractivity contribution in [1.82, 2.24) is 0 Å². The van der Waals surface area contributed by atoms with E-state index >= 15 is 0 Å². The van der Waals surface area contributed by atoms with Crippen LogP contribution < -0.4 is 34.7 Å². The molecule has 0 aromatic rings. The third-order valence-corrected chi connectivity index (χ3v) is 1.15. The number of rotatable bonds is 4. The fraction of sp³-hybridized carbons (Fsp3) is 0.800. The Morgan fingerprint density at radius 1 is 1.33 bits per heavy atom. The minimum Gasteiger partial charge on any atom is -0.547 e. The van der Waals surface area contributed by atoms with Crippen LogP contribution in [0.15, 0.2) is 0 Å². The van der Waals surface area contributed by atoms with Crippen LogP contribution in [0.2, 0.25) is 0 Å². The Kier molecular flexibility index (Phi) is 8.38. The number of carboxylic acid groups (broad SMARTS) is 1. The molecule has 12 heavy (non-hydrogen) atoms. The van der Waals surface area contributed by atoms with Crippen molar-refractivity contribution in [2.45, 2.75) is 18.3 Å². The number of hydrogen-bond donors (Lipinski definition) is 4. The van der Waals surface area contributed by atoms with Crippen LogP contribution in [0, 0.1) is 0 Å². The monoisotopic (exact) mass is 188 g/mol. The van der Waals surface area contributed by atoms with Crippen LogP contribution in [0.4, 0.5) is 0 Å². The molecule has 0 saturated carbocycles. The molecule has 0 aliphatic carbocycles. The number of aliphatic carboxylic acids is 1. The number of carboxylic acids is 1. The van der Waals surface area contributed by atoms with E-state index in [0.29, 0.717) is 0 Å². The fourth-order valence-corrected chi connectivity index (χ4v) is 0.458. The average molecular weight is 188 g/mol. The topological polar surface area (TPSA) is 121 Å². The quantitative estimate of drug-likeness (QED) is 0.325. The predicted octanol–water partition coefficient (Wildman–Crippen LogP) is -7.18. The van der Waals surface area contributed by atoms with Crippen molar-refractivity contribution >= 4 is 5.97 Å². The Labute approximate surface area is 90.7 Å². The van der Waals surface area contributed by atoms with Crippen molar-refractivity contribution in [1.29, 1.82) is 0 Å². The Morgan fingerprint density at radius 2 is 1.75 bits per heavy atom. The van der Waals surface area contributed by atoms with E-state index in [1.807, 2.05) is 0 Å². The molecule has 0 spiro atoms. The molecule has 0 fully saturated rings. The second-order valence-electron chi connectivity index (χ2n) is 2.00. The van der Waals surface area contributed by atoms with E-state index in [1.165, 1.54) is 0 Å². The maximum Gasteiger partial charge on any atom is 1.00 e. The van der Waals surface area contributed by atoms with Crippen LogP contribution in [0.5, 0.6) is 0 Å². The maximum absolute atomic E-state index is 9.85. The second-order valence-corrected chi connectivity index (χ2v) is 2.00. The van der Waals surface area contributed by atoms with E-state index in [9.17, 15) is 9.90 Å². The van der Waals surface area contributed by atoms with Gasteiger partial charge in [-0.05, 0) is 0 Å². The largest absolute Gasteiger partial charge is 1.00 e. The first-order valence-electron chi connectivity index (χ1n) is 2.86. The Morgan fingerprint density at radius 3 is 2.00 bits per heavy atom. The van der Waals surface area contributed by atoms with Crippen LogP contribution in [0.1, 0.15) is 0 Å². The van der Waals surface area contributed by atoms with Crippen LogP contribution in [0.25, 0.3) is 0 Å². The zero-order valence-electron chi connectivity index (χ0n) is 6.54. The van der Waals surface area contributed by atoms with Gasteiger partial charge in [-0.1, -0.05) is 0 Å². The van der Waals surface area contributed by atoms with Crippen molar-refractivity contribution < 1.29 is 59.9 Å². The van der Waals surface area contributed by atoms with E-state index in [4.69, 9.17) is 20.4 Å². The molecule has 66 valence electrons. The van der Waals surface area contributed by atoms with Gasteiger partial charge in [-0.15, -0.1) is 0 Å². The van der Waals surface area contributed by atoms with E-state index in [-0.39, 0.29) is 29.6 Å². The van der Waals surface area contributed by atoms with Crippen LogP contribution in [-0.2, 0) is 4.79 Å². The zero-order valence-corrected chi connectivity index (χ0v) is 8.54. The molecular formula is C5H9NaO6. The Hall–Kier alpha value is 0.310. The first-order chi connectivity index (χ1) is 5.00. The standard InChI is InChI=1S/C5H10O6.Na/c6-1-2(7)3(8)4(9)5(10)11;/h2-4,6-9H,1H2,(H,10,11);/q;+1/p-1/t2-,3+,4-;/m0./s1. The van der Waals surface area contributed by atoms with E-state index < -0.39 is 30.9 Å². The first kappa shape index (κ1) is 14.8. The van der Waals surface area contributed by atoms with E-state index in [0.717, 1.165) is 0 Å². The van der Waals surface area contributed by atoms with Gasteiger partial charge in [0.2, 0.25) is 0 Å². The minimum atomic E-state index is -2.18. The molecule has 0 rings (SSSR count). The number of carbonyl (C=O) groups excluding carboxylic acids is 1. The molecule has 0 amide bonds. The van der Waals surface area contributed by atoms with Gasteiger partial charge in [0, 0.05) is 0 Å². The second kappa shape index (κ2) is 6.79. The molecule has 4 N–H and O–H groups in total. The molecule has 6 nitrogen and oxygen atoms in total.